The Kier molecular flexibility index (Phi) is 4.35. The Morgan fingerprint density at radius 3 is 2.50 bits per heavy atom. The third-order valence-corrected chi connectivity index (χ3v) is 1.37. The van der Waals surface area contributed by atoms with Crippen molar-refractivity contribution in [1.29, 1.82) is 5.26 Å². The summed E-state index contributed by atoms with van der Waals surface area (Å²) in [7, 11) is 0. The van der Waals surface area contributed by atoms with Gasteiger partial charge in [0, 0.05) is 6.42 Å². The zero-order chi connectivity index (χ0) is 6.41. The maximum atomic E-state index is 8.22. The van der Waals surface area contributed by atoms with Crippen molar-refractivity contribution < 1.29 is 0 Å². The van der Waals surface area contributed by atoms with Crippen molar-refractivity contribution in [2.45, 2.75) is 26.2 Å². The van der Waals surface area contributed by atoms with E-state index in [1.54, 1.807) is 0 Å². The first-order chi connectivity index (χ1) is 3.85. The van der Waals surface area contributed by atoms with Gasteiger partial charge in [0.05, 0.1) is 6.07 Å². The Morgan fingerprint density at radius 2 is 2.38 bits per heavy atom. The van der Waals surface area contributed by atoms with Crippen molar-refractivity contribution in [1.82, 2.24) is 0 Å². The third-order valence-electron chi connectivity index (χ3n) is 1.37. The lowest BCUT2D eigenvalue weighted by molar-refractivity contribution is 0.527. The van der Waals surface area contributed by atoms with E-state index in [0.717, 1.165) is 12.8 Å². The smallest absolute Gasteiger partial charge is 0.0624 e. The molecular weight excluding hydrogens is 98.1 g/mol. The standard InChI is InChI=1S/C7H12N/c1-3-7(4-2)5-6-8/h7H,1,3-5H2,2H3. The fraction of sp³-hybridized carbons (Fsp3) is 0.714. The Labute approximate surface area is 51.3 Å². The summed E-state index contributed by atoms with van der Waals surface area (Å²) in [6.07, 6.45) is 2.64. The zero-order valence-corrected chi connectivity index (χ0v) is 5.35. The van der Waals surface area contributed by atoms with Gasteiger partial charge in [-0.3, -0.25) is 0 Å². The van der Waals surface area contributed by atoms with Crippen LogP contribution in [0.5, 0.6) is 0 Å². The second kappa shape index (κ2) is 4.64. The van der Waals surface area contributed by atoms with Crippen molar-refractivity contribution in [3.8, 4) is 6.07 Å². The number of rotatable bonds is 3. The molecule has 0 aromatic carbocycles. The van der Waals surface area contributed by atoms with Crippen molar-refractivity contribution >= 4 is 0 Å². The van der Waals surface area contributed by atoms with Crippen LogP contribution in [0.4, 0.5) is 0 Å². The van der Waals surface area contributed by atoms with Crippen LogP contribution in [0.3, 0.4) is 0 Å². The molecule has 0 N–H and O–H groups in total. The normalized spacial score (nSPS) is 9.25. The quantitative estimate of drug-likeness (QED) is 0.546. The monoisotopic (exact) mass is 110 g/mol. The number of nitrogens with zero attached hydrogens (tertiary/aromatic N) is 1. The van der Waals surface area contributed by atoms with Crippen LogP contribution in [0, 0.1) is 24.2 Å². The van der Waals surface area contributed by atoms with Gasteiger partial charge in [-0.2, -0.15) is 5.26 Å². The van der Waals surface area contributed by atoms with Gasteiger partial charge in [0.1, 0.15) is 0 Å². The SMILES string of the molecule is [CH2]CC(CC)CC#N. The maximum absolute atomic E-state index is 8.22. The summed E-state index contributed by atoms with van der Waals surface area (Å²) in [6, 6.07) is 2.13. The maximum Gasteiger partial charge on any atom is 0.0624 e. The van der Waals surface area contributed by atoms with Crippen LogP contribution in [0.2, 0.25) is 0 Å². The molecule has 0 aliphatic rings. The summed E-state index contributed by atoms with van der Waals surface area (Å²) in [4.78, 5) is 0. The number of hydrogen-bond acceptors (Lipinski definition) is 1. The topological polar surface area (TPSA) is 23.8 Å². The van der Waals surface area contributed by atoms with Gasteiger partial charge in [0.2, 0.25) is 0 Å². The fourth-order valence-corrected chi connectivity index (χ4v) is 0.580. The molecule has 1 unspecified atom stereocenters. The summed E-state index contributed by atoms with van der Waals surface area (Å²) in [5.74, 6) is 0.528. The molecular formula is C7H12N. The highest BCUT2D eigenvalue weighted by molar-refractivity contribution is 4.75. The summed E-state index contributed by atoms with van der Waals surface area (Å²) in [6.45, 7) is 5.81. The van der Waals surface area contributed by atoms with Crippen LogP contribution in [0.15, 0.2) is 0 Å². The molecule has 1 radical (unpaired) electrons. The van der Waals surface area contributed by atoms with Gasteiger partial charge in [-0.1, -0.05) is 20.3 Å². The highest BCUT2D eigenvalue weighted by atomic mass is 14.2. The summed E-state index contributed by atoms with van der Waals surface area (Å²) < 4.78 is 0. The van der Waals surface area contributed by atoms with Crippen LogP contribution < -0.4 is 0 Å². The lowest BCUT2D eigenvalue weighted by Gasteiger charge is -2.03. The first-order valence-electron chi connectivity index (χ1n) is 3.01. The molecule has 0 aromatic heterocycles. The number of nitriles is 1. The minimum atomic E-state index is 0.528. The van der Waals surface area contributed by atoms with E-state index in [9.17, 15) is 0 Å². The van der Waals surface area contributed by atoms with Gasteiger partial charge in [0.25, 0.3) is 0 Å². The van der Waals surface area contributed by atoms with E-state index < -0.39 is 0 Å². The van der Waals surface area contributed by atoms with Crippen LogP contribution in [0.25, 0.3) is 0 Å². The first-order valence-corrected chi connectivity index (χ1v) is 3.01. The first kappa shape index (κ1) is 7.49. The van der Waals surface area contributed by atoms with Gasteiger partial charge in [-0.25, -0.2) is 0 Å². The molecule has 0 bridgehead atoms. The van der Waals surface area contributed by atoms with Gasteiger partial charge in [-0.05, 0) is 12.3 Å². The molecule has 0 heterocycles. The predicted octanol–water partition coefficient (Wildman–Crippen LogP) is 2.15. The minimum absolute atomic E-state index is 0.528. The zero-order valence-electron chi connectivity index (χ0n) is 5.35. The second-order valence-electron chi connectivity index (χ2n) is 1.93. The van der Waals surface area contributed by atoms with Crippen LogP contribution in [-0.4, -0.2) is 0 Å². The van der Waals surface area contributed by atoms with Crippen molar-refractivity contribution in [3.63, 3.8) is 0 Å². The number of hydrogen-bond donors (Lipinski definition) is 0. The molecule has 8 heavy (non-hydrogen) atoms. The lowest BCUT2D eigenvalue weighted by atomic mass is 10.0. The molecule has 0 saturated heterocycles. The summed E-state index contributed by atoms with van der Waals surface area (Å²) in [5, 5.41) is 8.22. The van der Waals surface area contributed by atoms with Gasteiger partial charge >= 0.3 is 0 Å². The average molecular weight is 110 g/mol. The molecule has 0 amide bonds. The molecule has 0 fully saturated rings. The van der Waals surface area contributed by atoms with Crippen molar-refractivity contribution in [2.24, 2.45) is 5.92 Å². The van der Waals surface area contributed by atoms with Crippen LogP contribution >= 0.6 is 0 Å². The Bertz CT molecular complexity index is 76.9. The van der Waals surface area contributed by atoms with Gasteiger partial charge in [0.15, 0.2) is 0 Å². The molecule has 0 aromatic rings. The van der Waals surface area contributed by atoms with E-state index in [-0.39, 0.29) is 0 Å². The van der Waals surface area contributed by atoms with Crippen LogP contribution in [-0.2, 0) is 0 Å². The molecule has 0 saturated carbocycles. The van der Waals surface area contributed by atoms with Crippen molar-refractivity contribution in [3.05, 3.63) is 6.92 Å². The van der Waals surface area contributed by atoms with E-state index in [4.69, 9.17) is 5.26 Å². The molecule has 0 rings (SSSR count). The fourth-order valence-electron chi connectivity index (χ4n) is 0.580. The summed E-state index contributed by atoms with van der Waals surface area (Å²) >= 11 is 0. The van der Waals surface area contributed by atoms with E-state index in [2.05, 4.69) is 19.9 Å². The molecule has 1 nitrogen and oxygen atoms in total. The highest BCUT2D eigenvalue weighted by Gasteiger charge is 1.99. The Morgan fingerprint density at radius 1 is 1.75 bits per heavy atom. The Hall–Kier alpha value is -0.510. The summed E-state index contributed by atoms with van der Waals surface area (Å²) in [5.41, 5.74) is 0. The molecule has 0 aliphatic carbocycles. The van der Waals surface area contributed by atoms with E-state index >= 15 is 0 Å². The molecule has 1 heteroatoms. The predicted molar refractivity (Wildman–Crippen MR) is 34.0 cm³/mol. The van der Waals surface area contributed by atoms with Gasteiger partial charge in [-0.15, -0.1) is 0 Å². The lowest BCUT2D eigenvalue weighted by Crippen LogP contribution is -1.93. The van der Waals surface area contributed by atoms with Crippen molar-refractivity contribution in [2.75, 3.05) is 0 Å². The van der Waals surface area contributed by atoms with E-state index in [1.807, 2.05) is 0 Å². The molecule has 45 valence electrons. The highest BCUT2D eigenvalue weighted by Crippen LogP contribution is 2.09. The molecule has 0 spiro atoms. The minimum Gasteiger partial charge on any atom is -0.198 e. The third kappa shape index (κ3) is 2.63. The van der Waals surface area contributed by atoms with E-state index in [1.165, 1.54) is 0 Å². The van der Waals surface area contributed by atoms with E-state index in [0.29, 0.717) is 12.3 Å². The molecule has 0 aliphatic heterocycles. The average Bonchev–Trinajstić information content (AvgIpc) is 1.83. The Balaban J connectivity index is 3.25. The second-order valence-corrected chi connectivity index (χ2v) is 1.93. The van der Waals surface area contributed by atoms with Gasteiger partial charge < -0.3 is 0 Å². The molecule has 1 atom stereocenters. The van der Waals surface area contributed by atoms with Crippen LogP contribution in [0.1, 0.15) is 26.2 Å². The largest absolute Gasteiger partial charge is 0.198 e.